The van der Waals surface area contributed by atoms with E-state index >= 15 is 0 Å². The number of hydrogen-bond donors (Lipinski definition) is 2. The Morgan fingerprint density at radius 3 is 2.96 bits per heavy atom. The summed E-state index contributed by atoms with van der Waals surface area (Å²) < 4.78 is 5.05. The molecule has 3 heterocycles. The monoisotopic (exact) mass is 320 g/mol. The van der Waals surface area contributed by atoms with Crippen LogP contribution in [0.15, 0.2) is 10.6 Å². The zero-order valence-corrected chi connectivity index (χ0v) is 13.5. The molecule has 1 aromatic rings. The largest absolute Gasteiger partial charge is 0.351 e. The number of rotatable bonds is 3. The van der Waals surface area contributed by atoms with Crippen LogP contribution in [-0.2, 0) is 4.79 Å². The lowest BCUT2D eigenvalue weighted by Crippen LogP contribution is -2.52. The van der Waals surface area contributed by atoms with Gasteiger partial charge in [-0.1, -0.05) is 5.16 Å². The molecule has 2 saturated heterocycles. The zero-order chi connectivity index (χ0) is 16.2. The van der Waals surface area contributed by atoms with Crippen LogP contribution in [0.5, 0.6) is 0 Å². The van der Waals surface area contributed by atoms with Crippen molar-refractivity contribution < 1.29 is 14.1 Å². The summed E-state index contributed by atoms with van der Waals surface area (Å²) in [5.74, 6) is 0.272. The fourth-order valence-corrected chi connectivity index (χ4v) is 3.29. The number of aromatic nitrogens is 1. The van der Waals surface area contributed by atoms with Crippen molar-refractivity contribution in [3.63, 3.8) is 0 Å². The normalized spacial score (nSPS) is 25.2. The van der Waals surface area contributed by atoms with Crippen LogP contribution in [0.2, 0.25) is 0 Å². The lowest BCUT2D eigenvalue weighted by atomic mass is 9.97. The van der Waals surface area contributed by atoms with Crippen LogP contribution in [-0.4, -0.2) is 54.1 Å². The Bertz CT molecular complexity index is 565. The van der Waals surface area contributed by atoms with Gasteiger partial charge in [0.2, 0.25) is 11.7 Å². The lowest BCUT2D eigenvalue weighted by molar-refractivity contribution is -0.126. The number of carbonyl (C=O) groups is 2. The van der Waals surface area contributed by atoms with E-state index in [1.807, 2.05) is 0 Å². The van der Waals surface area contributed by atoms with E-state index in [9.17, 15) is 9.59 Å². The van der Waals surface area contributed by atoms with Gasteiger partial charge >= 0.3 is 0 Å². The fourth-order valence-electron chi connectivity index (χ4n) is 3.29. The van der Waals surface area contributed by atoms with Crippen molar-refractivity contribution in [1.29, 1.82) is 0 Å². The first-order valence-electron chi connectivity index (χ1n) is 8.37. The molecule has 7 nitrogen and oxygen atoms in total. The topological polar surface area (TPSA) is 87.5 Å². The molecular formula is C16H24N4O3. The summed E-state index contributed by atoms with van der Waals surface area (Å²) in [4.78, 5) is 26.5. The molecule has 2 aliphatic rings. The maximum Gasteiger partial charge on any atom is 0.292 e. The molecule has 3 rings (SSSR count). The van der Waals surface area contributed by atoms with Gasteiger partial charge < -0.3 is 20.1 Å². The van der Waals surface area contributed by atoms with E-state index in [1.165, 1.54) is 0 Å². The highest BCUT2D eigenvalue weighted by Crippen LogP contribution is 2.16. The predicted molar refractivity (Wildman–Crippen MR) is 83.9 cm³/mol. The highest BCUT2D eigenvalue weighted by molar-refractivity contribution is 5.91. The second-order valence-electron chi connectivity index (χ2n) is 6.47. The Morgan fingerprint density at radius 1 is 1.39 bits per heavy atom. The molecule has 0 bridgehead atoms. The third-order valence-electron chi connectivity index (χ3n) is 4.56. The molecule has 0 unspecified atom stereocenters. The van der Waals surface area contributed by atoms with Gasteiger partial charge in [0.15, 0.2) is 0 Å². The number of aryl methyl sites for hydroxylation is 1. The van der Waals surface area contributed by atoms with E-state index in [0.717, 1.165) is 38.8 Å². The highest BCUT2D eigenvalue weighted by Gasteiger charge is 2.29. The van der Waals surface area contributed by atoms with Gasteiger partial charge in [-0.2, -0.15) is 0 Å². The summed E-state index contributed by atoms with van der Waals surface area (Å²) in [6, 6.07) is 1.67. The van der Waals surface area contributed by atoms with Crippen molar-refractivity contribution in [3.05, 3.63) is 17.5 Å². The number of hydrogen-bond acceptors (Lipinski definition) is 5. The molecule has 23 heavy (non-hydrogen) atoms. The standard InChI is InChI=1S/C16H24N4O3/c1-11-8-14(23-19-11)16(22)20-7-3-5-13(10-20)18-15(21)12-4-2-6-17-9-12/h8,12-13,17H,2-7,9-10H2,1H3,(H,18,21)/t12-,13+/m1/s1. The molecule has 0 radical (unpaired) electrons. The summed E-state index contributed by atoms with van der Waals surface area (Å²) in [5.41, 5.74) is 0.694. The summed E-state index contributed by atoms with van der Waals surface area (Å²) in [6.07, 6.45) is 3.77. The van der Waals surface area contributed by atoms with Crippen molar-refractivity contribution in [2.45, 2.75) is 38.6 Å². The van der Waals surface area contributed by atoms with E-state index in [0.29, 0.717) is 18.8 Å². The van der Waals surface area contributed by atoms with Gasteiger partial charge in [0, 0.05) is 31.7 Å². The van der Waals surface area contributed by atoms with Gasteiger partial charge in [-0.25, -0.2) is 0 Å². The minimum atomic E-state index is -0.149. The van der Waals surface area contributed by atoms with Crippen molar-refractivity contribution >= 4 is 11.8 Å². The fraction of sp³-hybridized carbons (Fsp3) is 0.688. The minimum Gasteiger partial charge on any atom is -0.351 e. The lowest BCUT2D eigenvalue weighted by Gasteiger charge is -2.33. The number of amides is 2. The molecule has 1 aromatic heterocycles. The molecule has 2 amide bonds. The molecule has 0 saturated carbocycles. The molecule has 2 N–H and O–H groups in total. The maximum absolute atomic E-state index is 12.4. The first-order chi connectivity index (χ1) is 11.1. The van der Waals surface area contributed by atoms with Crippen LogP contribution in [0.3, 0.4) is 0 Å². The van der Waals surface area contributed by atoms with Gasteiger partial charge in [-0.05, 0) is 39.2 Å². The second-order valence-corrected chi connectivity index (χ2v) is 6.47. The number of piperidine rings is 2. The first-order valence-corrected chi connectivity index (χ1v) is 8.37. The maximum atomic E-state index is 12.4. The Kier molecular flexibility index (Phi) is 4.95. The molecular weight excluding hydrogens is 296 g/mol. The smallest absolute Gasteiger partial charge is 0.292 e. The Hall–Kier alpha value is -1.89. The summed E-state index contributed by atoms with van der Waals surface area (Å²) >= 11 is 0. The highest BCUT2D eigenvalue weighted by atomic mass is 16.5. The van der Waals surface area contributed by atoms with E-state index < -0.39 is 0 Å². The first kappa shape index (κ1) is 16.0. The third-order valence-corrected chi connectivity index (χ3v) is 4.56. The zero-order valence-electron chi connectivity index (χ0n) is 13.5. The van der Waals surface area contributed by atoms with Crippen LogP contribution >= 0.6 is 0 Å². The molecule has 2 fully saturated rings. The predicted octanol–water partition coefficient (Wildman–Crippen LogP) is 0.703. The van der Waals surface area contributed by atoms with Crippen LogP contribution in [0, 0.1) is 12.8 Å². The molecule has 0 aliphatic carbocycles. The quantitative estimate of drug-likeness (QED) is 0.856. The van der Waals surface area contributed by atoms with Gasteiger partial charge in [-0.15, -0.1) is 0 Å². The van der Waals surface area contributed by atoms with Crippen LogP contribution < -0.4 is 10.6 Å². The average molecular weight is 320 g/mol. The van der Waals surface area contributed by atoms with Crippen molar-refractivity contribution in [3.8, 4) is 0 Å². The second kappa shape index (κ2) is 7.12. The minimum absolute atomic E-state index is 0.0196. The summed E-state index contributed by atoms with van der Waals surface area (Å²) in [7, 11) is 0. The molecule has 0 spiro atoms. The molecule has 0 aromatic carbocycles. The van der Waals surface area contributed by atoms with Crippen molar-refractivity contribution in [1.82, 2.24) is 20.7 Å². The Labute approximate surface area is 135 Å². The Balaban J connectivity index is 1.55. The molecule has 7 heteroatoms. The summed E-state index contributed by atoms with van der Waals surface area (Å²) in [6.45, 7) is 4.75. The van der Waals surface area contributed by atoms with Gasteiger partial charge in [0.1, 0.15) is 0 Å². The average Bonchev–Trinajstić information content (AvgIpc) is 3.01. The van der Waals surface area contributed by atoms with E-state index in [4.69, 9.17) is 4.52 Å². The van der Waals surface area contributed by atoms with Crippen molar-refractivity contribution in [2.75, 3.05) is 26.2 Å². The molecule has 2 aliphatic heterocycles. The number of carbonyl (C=O) groups excluding carboxylic acids is 2. The van der Waals surface area contributed by atoms with Gasteiger partial charge in [0.25, 0.3) is 5.91 Å². The third kappa shape index (κ3) is 3.90. The summed E-state index contributed by atoms with van der Waals surface area (Å²) in [5, 5.41) is 10.1. The van der Waals surface area contributed by atoms with Crippen LogP contribution in [0.4, 0.5) is 0 Å². The molecule has 2 atom stereocenters. The number of likely N-dealkylation sites (tertiary alicyclic amines) is 1. The van der Waals surface area contributed by atoms with E-state index in [1.54, 1.807) is 17.9 Å². The Morgan fingerprint density at radius 2 is 2.26 bits per heavy atom. The number of nitrogens with zero attached hydrogens (tertiary/aromatic N) is 2. The van der Waals surface area contributed by atoms with Gasteiger partial charge in [0.05, 0.1) is 11.6 Å². The van der Waals surface area contributed by atoms with Gasteiger partial charge in [-0.3, -0.25) is 9.59 Å². The number of nitrogens with one attached hydrogen (secondary N) is 2. The SMILES string of the molecule is Cc1cc(C(=O)N2CCC[C@H](NC(=O)[C@@H]3CCCNC3)C2)on1. The van der Waals surface area contributed by atoms with Crippen LogP contribution in [0.1, 0.15) is 41.9 Å². The van der Waals surface area contributed by atoms with E-state index in [2.05, 4.69) is 15.8 Å². The molecule has 126 valence electrons. The van der Waals surface area contributed by atoms with Crippen molar-refractivity contribution in [2.24, 2.45) is 5.92 Å². The van der Waals surface area contributed by atoms with Crippen LogP contribution in [0.25, 0.3) is 0 Å². The van der Waals surface area contributed by atoms with E-state index in [-0.39, 0.29) is 29.5 Å².